The number of esters is 8. The molecule has 4 aliphatic rings. The Morgan fingerprint density at radius 3 is 2.00 bits per heavy atom. The summed E-state index contributed by atoms with van der Waals surface area (Å²) in [5, 5.41) is 25.3. The number of aliphatic hydroxyl groups is 2. The molecule has 0 radical (unpaired) electrons. The Kier molecular flexibility index (Phi) is 12.1. The summed E-state index contributed by atoms with van der Waals surface area (Å²) in [4.78, 5) is 113. The zero-order chi connectivity index (χ0) is 45.7. The molecule has 0 aromatic carbocycles. The van der Waals surface area contributed by atoms with Crippen LogP contribution >= 0.6 is 0 Å². The van der Waals surface area contributed by atoms with Gasteiger partial charge in [-0.1, -0.05) is 0 Å². The summed E-state index contributed by atoms with van der Waals surface area (Å²) in [6, 6.07) is 3.99. The Labute approximate surface area is 353 Å². The van der Waals surface area contributed by atoms with Crippen molar-refractivity contribution >= 4 is 47.8 Å². The highest BCUT2D eigenvalue weighted by Crippen LogP contribution is 2.70. The highest BCUT2D eigenvalue weighted by Gasteiger charge is 2.92. The van der Waals surface area contributed by atoms with Crippen LogP contribution < -0.4 is 0 Å². The van der Waals surface area contributed by atoms with Gasteiger partial charge in [0.25, 0.3) is 0 Å². The number of fused-ring (bicyclic) bond motifs is 5. The minimum atomic E-state index is -3.00. The fraction of sp³-hybridized carbons (Fsp3) is 0.585. The van der Waals surface area contributed by atoms with Gasteiger partial charge in [-0.2, -0.15) is 0 Å². The first kappa shape index (κ1) is 45.6. The fourth-order valence-corrected chi connectivity index (χ4v) is 9.53. The van der Waals surface area contributed by atoms with Gasteiger partial charge in [0, 0.05) is 40.8 Å². The fourth-order valence-electron chi connectivity index (χ4n) is 9.53. The first-order chi connectivity index (χ1) is 28.9. The van der Waals surface area contributed by atoms with Gasteiger partial charge in [-0.05, 0) is 51.8 Å². The van der Waals surface area contributed by atoms with E-state index in [1.165, 1.54) is 31.3 Å². The van der Waals surface area contributed by atoms with Crippen molar-refractivity contribution in [2.24, 2.45) is 11.3 Å². The molecule has 4 heterocycles. The predicted molar refractivity (Wildman–Crippen MR) is 199 cm³/mol. The third kappa shape index (κ3) is 7.54. The van der Waals surface area contributed by atoms with E-state index in [2.05, 4.69) is 4.98 Å². The Balaban J connectivity index is 1.79. The third-order valence-corrected chi connectivity index (χ3v) is 11.9. The highest BCUT2D eigenvalue weighted by molar-refractivity contribution is 5.91. The lowest BCUT2D eigenvalue weighted by Gasteiger charge is -2.67. The minimum Gasteiger partial charge on any atom is -0.472 e. The van der Waals surface area contributed by atoms with Crippen LogP contribution in [0.25, 0.3) is 0 Å². The number of cyclic esters (lactones) is 1. The van der Waals surface area contributed by atoms with Gasteiger partial charge in [0.2, 0.25) is 0 Å². The maximum atomic E-state index is 14.4. The second-order valence-corrected chi connectivity index (χ2v) is 16.4. The number of carbonyl (C=O) groups excluding carboxylic acids is 8. The molecule has 6 rings (SSSR count). The number of aromatic nitrogens is 1. The van der Waals surface area contributed by atoms with Crippen LogP contribution in [-0.4, -0.2) is 135 Å². The number of furan rings is 1. The van der Waals surface area contributed by atoms with Gasteiger partial charge in [0.05, 0.1) is 29.0 Å². The van der Waals surface area contributed by atoms with Crippen LogP contribution in [0.3, 0.4) is 0 Å². The van der Waals surface area contributed by atoms with Crippen LogP contribution in [0, 0.1) is 11.3 Å². The van der Waals surface area contributed by atoms with Gasteiger partial charge in [-0.25, -0.2) is 14.4 Å². The first-order valence-corrected chi connectivity index (χ1v) is 19.5. The van der Waals surface area contributed by atoms with Crippen molar-refractivity contribution in [3.63, 3.8) is 0 Å². The van der Waals surface area contributed by atoms with E-state index < -0.39 is 138 Å². The summed E-state index contributed by atoms with van der Waals surface area (Å²) in [6.07, 6.45) is -10.1. The molecule has 2 aromatic heterocycles. The van der Waals surface area contributed by atoms with E-state index in [9.17, 15) is 48.6 Å². The van der Waals surface area contributed by atoms with Crippen molar-refractivity contribution in [3.8, 4) is 0 Å². The smallest absolute Gasteiger partial charge is 0.341 e. The van der Waals surface area contributed by atoms with Gasteiger partial charge < -0.3 is 57.3 Å². The molecule has 3 fully saturated rings. The number of hydrogen-bond acceptors (Lipinski definition) is 21. The van der Waals surface area contributed by atoms with Crippen LogP contribution in [0.4, 0.5) is 0 Å². The van der Waals surface area contributed by atoms with E-state index in [-0.39, 0.29) is 23.2 Å². The topological polar surface area (TPSA) is 286 Å². The maximum absolute atomic E-state index is 14.4. The van der Waals surface area contributed by atoms with Gasteiger partial charge >= 0.3 is 47.8 Å². The lowest BCUT2D eigenvalue weighted by atomic mass is 9.45. The van der Waals surface area contributed by atoms with Crippen molar-refractivity contribution in [3.05, 3.63) is 53.7 Å². The van der Waals surface area contributed by atoms with E-state index in [1.807, 2.05) is 0 Å². The average molecular weight is 874 g/mol. The molecule has 2 saturated carbocycles. The quantitative estimate of drug-likeness (QED) is 0.275. The second kappa shape index (κ2) is 16.4. The highest BCUT2D eigenvalue weighted by atomic mass is 16.7. The number of pyridine rings is 1. The van der Waals surface area contributed by atoms with Crippen LogP contribution in [0.2, 0.25) is 0 Å². The number of nitrogens with zero attached hydrogens (tertiary/aromatic N) is 1. The molecule has 0 amide bonds. The third-order valence-electron chi connectivity index (χ3n) is 11.9. The van der Waals surface area contributed by atoms with Gasteiger partial charge in [0.1, 0.15) is 48.3 Å². The number of hydrogen-bond donors (Lipinski definition) is 2. The molecule has 336 valence electrons. The molecule has 4 bridgehead atoms. The normalized spacial score (nSPS) is 36.3. The molecule has 1 unspecified atom stereocenters. The lowest BCUT2D eigenvalue weighted by molar-refractivity contribution is -0.386. The monoisotopic (exact) mass is 873 g/mol. The molecule has 2 N–H and O–H groups in total. The Hall–Kier alpha value is -5.93. The zero-order valence-electron chi connectivity index (χ0n) is 35.0. The van der Waals surface area contributed by atoms with Crippen LogP contribution in [-0.2, 0) is 77.8 Å². The van der Waals surface area contributed by atoms with E-state index in [1.54, 1.807) is 0 Å². The minimum absolute atomic E-state index is 0.0776. The number of carbonyl (C=O) groups is 8. The van der Waals surface area contributed by atoms with Crippen molar-refractivity contribution in [2.45, 2.75) is 127 Å². The van der Waals surface area contributed by atoms with E-state index >= 15 is 0 Å². The van der Waals surface area contributed by atoms with Crippen LogP contribution in [0.5, 0.6) is 0 Å². The van der Waals surface area contributed by atoms with Gasteiger partial charge in [0.15, 0.2) is 35.6 Å². The van der Waals surface area contributed by atoms with Crippen molar-refractivity contribution in [1.82, 2.24) is 4.98 Å². The van der Waals surface area contributed by atoms with Crippen LogP contribution in [0.15, 0.2) is 41.3 Å². The van der Waals surface area contributed by atoms with Crippen molar-refractivity contribution in [1.29, 1.82) is 0 Å². The van der Waals surface area contributed by atoms with E-state index in [0.29, 0.717) is 0 Å². The summed E-state index contributed by atoms with van der Waals surface area (Å²) < 4.78 is 59.6. The predicted octanol–water partition coefficient (Wildman–Crippen LogP) is 0.864. The van der Waals surface area contributed by atoms with Crippen molar-refractivity contribution < 1.29 is 95.6 Å². The molecule has 2 aliphatic carbocycles. The second-order valence-electron chi connectivity index (χ2n) is 16.4. The number of aryl methyl sites for hydroxylation is 1. The van der Waals surface area contributed by atoms with Gasteiger partial charge in [-0.15, -0.1) is 0 Å². The summed E-state index contributed by atoms with van der Waals surface area (Å²) >= 11 is 0. The van der Waals surface area contributed by atoms with Crippen molar-refractivity contribution in [2.75, 3.05) is 13.2 Å². The molecule has 2 aromatic rings. The average Bonchev–Trinajstić information content (AvgIpc) is 3.79. The Bertz CT molecular complexity index is 2150. The Morgan fingerprint density at radius 1 is 0.806 bits per heavy atom. The molecular weight excluding hydrogens is 826 g/mol. The zero-order valence-corrected chi connectivity index (χ0v) is 35.0. The standard InChI is InChI=1S/C41H47NO20/c1-19(43)54-18-40-32(58-22(4)46)28(56-20(2)44)27-30(57-21(3)45)41(40)39(8,52)31(29(33(40)59-23(5)47)60-34(48)24-12-15-53-16-24)61-36(50)37(6,51)13-11-26-25(10-9-14-42-26)35(49)55-17-38(27,7)62-41/h9-10,12,14-16,27-33,51-52H,11,13,17-18H2,1-8H3/t27-,28-,29+,30?,31+,32-,33+,37-,38+,39+,40-,41+/m1/s1. The summed E-state index contributed by atoms with van der Waals surface area (Å²) in [7, 11) is 0. The Morgan fingerprint density at radius 2 is 1.42 bits per heavy atom. The molecule has 21 heteroatoms. The summed E-state index contributed by atoms with van der Waals surface area (Å²) in [6.45, 7) is 6.25. The summed E-state index contributed by atoms with van der Waals surface area (Å²) in [5.41, 5.74) is -13.5. The first-order valence-electron chi connectivity index (χ1n) is 19.5. The molecular formula is C41H47NO20. The number of ether oxygens (including phenoxy) is 9. The molecule has 1 spiro atoms. The lowest BCUT2D eigenvalue weighted by Crippen LogP contribution is -2.89. The molecule has 2 aliphatic heterocycles. The van der Waals surface area contributed by atoms with E-state index in [0.717, 1.165) is 61.0 Å². The molecule has 12 atom stereocenters. The number of rotatable bonds is 8. The molecule has 62 heavy (non-hydrogen) atoms. The molecule has 1 saturated heterocycles. The van der Waals surface area contributed by atoms with E-state index in [4.69, 9.17) is 47.0 Å². The molecule has 21 nitrogen and oxygen atoms in total. The SMILES string of the molecule is CC(=O)OC[C@]12[C@H](OC(C)=O)[C@H](OC(C)=O)[C@@H]3C(OC(C)=O)[C@@]14O[C@@]3(C)COC(=O)c1cccnc1CC[C@@](C)(O)C(=O)O[C@@H]([C@H](OC(=O)c1ccoc1)[C@@H]2OC(C)=O)[C@]4(C)O. The maximum Gasteiger partial charge on any atom is 0.341 e. The van der Waals surface area contributed by atoms with Crippen LogP contribution in [0.1, 0.15) is 88.2 Å². The summed E-state index contributed by atoms with van der Waals surface area (Å²) in [5.74, 6) is -10.7. The largest absolute Gasteiger partial charge is 0.472 e. The van der Waals surface area contributed by atoms with Gasteiger partial charge in [-0.3, -0.25) is 29.0 Å².